The zero-order valence-electron chi connectivity index (χ0n) is 13.7. The Kier molecular flexibility index (Phi) is 5.11. The van der Waals surface area contributed by atoms with Crippen molar-refractivity contribution >= 4 is 24.7 Å². The number of likely N-dealkylation sites (N-methyl/N-ethyl adjacent to an activating group) is 1. The van der Waals surface area contributed by atoms with Crippen molar-refractivity contribution in [3.8, 4) is 0 Å². The number of quaternary nitrogens is 1. The van der Waals surface area contributed by atoms with E-state index < -0.39 is 25.6 Å². The number of imidazole rings is 1. The van der Waals surface area contributed by atoms with Crippen LogP contribution in [0.25, 0.3) is 11.2 Å². The molecule has 2 heterocycles. The van der Waals surface area contributed by atoms with E-state index in [4.69, 9.17) is 15.4 Å². The molecular formula is C12H21N6O5P. The van der Waals surface area contributed by atoms with Crippen LogP contribution in [0.3, 0.4) is 0 Å². The maximum atomic E-state index is 11.8. The van der Waals surface area contributed by atoms with E-state index in [0.717, 1.165) is 0 Å². The number of ether oxygens (including phenoxy) is 1. The summed E-state index contributed by atoms with van der Waals surface area (Å²) >= 11 is 0. The van der Waals surface area contributed by atoms with Gasteiger partial charge in [-0.25, -0.2) is 4.98 Å². The first kappa shape index (κ1) is 18.6. The van der Waals surface area contributed by atoms with Gasteiger partial charge in [-0.05, 0) is 0 Å². The number of hydrogen-bond donors (Lipinski definition) is 3. The van der Waals surface area contributed by atoms with Crippen molar-refractivity contribution in [2.24, 2.45) is 0 Å². The van der Waals surface area contributed by atoms with Gasteiger partial charge in [-0.1, -0.05) is 0 Å². The molecule has 4 N–H and O–H groups in total. The molecule has 2 rings (SSSR count). The van der Waals surface area contributed by atoms with Crippen LogP contribution in [0.5, 0.6) is 0 Å². The van der Waals surface area contributed by atoms with Crippen molar-refractivity contribution in [1.82, 2.24) is 19.5 Å². The molecule has 0 saturated heterocycles. The van der Waals surface area contributed by atoms with Crippen LogP contribution in [-0.2, 0) is 15.8 Å². The van der Waals surface area contributed by atoms with Crippen molar-refractivity contribution in [2.75, 3.05) is 39.8 Å². The summed E-state index contributed by atoms with van der Waals surface area (Å²) < 4.78 is 18.4. The molecule has 0 aromatic carbocycles. The van der Waals surface area contributed by atoms with Gasteiger partial charge in [0.15, 0.2) is 18.8 Å². The van der Waals surface area contributed by atoms with Gasteiger partial charge >= 0.3 is 0 Å². The Hall–Kier alpha value is -1.78. The molecule has 0 spiro atoms. The molecule has 0 aliphatic rings. The van der Waals surface area contributed by atoms with Crippen LogP contribution in [0.4, 0.5) is 5.95 Å². The SMILES string of the molecule is C[N+](C)(C)CC(Cn1cnc2c(=O)[nH]c(N)nc21)OCP(=O)([O-])O. The van der Waals surface area contributed by atoms with Crippen molar-refractivity contribution in [3.63, 3.8) is 0 Å². The summed E-state index contributed by atoms with van der Waals surface area (Å²) in [5, 5.41) is 0. The second kappa shape index (κ2) is 6.61. The lowest BCUT2D eigenvalue weighted by Gasteiger charge is -2.30. The Morgan fingerprint density at radius 1 is 1.54 bits per heavy atom. The smallest absolute Gasteiger partial charge is 0.280 e. The first-order chi connectivity index (χ1) is 10.9. The second-order valence-corrected chi connectivity index (χ2v) is 8.08. The molecule has 2 aromatic heterocycles. The van der Waals surface area contributed by atoms with Crippen molar-refractivity contribution < 1.29 is 23.6 Å². The zero-order chi connectivity index (χ0) is 18.1. The summed E-state index contributed by atoms with van der Waals surface area (Å²) in [6.07, 6.45) is 0.0632. The van der Waals surface area contributed by atoms with Crippen LogP contribution in [0.15, 0.2) is 11.1 Å². The molecule has 11 nitrogen and oxygen atoms in total. The average Bonchev–Trinajstić information content (AvgIpc) is 2.77. The number of anilines is 1. The third kappa shape index (κ3) is 5.11. The fourth-order valence-corrected chi connectivity index (χ4v) is 2.70. The van der Waals surface area contributed by atoms with E-state index >= 15 is 0 Å². The third-order valence-electron chi connectivity index (χ3n) is 3.12. The van der Waals surface area contributed by atoms with Crippen LogP contribution in [0, 0.1) is 0 Å². The summed E-state index contributed by atoms with van der Waals surface area (Å²) in [7, 11) is 1.21. The van der Waals surface area contributed by atoms with E-state index in [2.05, 4.69) is 15.0 Å². The molecule has 2 aromatic rings. The summed E-state index contributed by atoms with van der Waals surface area (Å²) in [6, 6.07) is 0. The molecular weight excluding hydrogens is 339 g/mol. The van der Waals surface area contributed by atoms with Gasteiger partial charge in [0.2, 0.25) is 5.95 Å². The number of nitrogen functional groups attached to an aromatic ring is 1. The summed E-state index contributed by atoms with van der Waals surface area (Å²) in [5.41, 5.74) is 5.50. The van der Waals surface area contributed by atoms with Gasteiger partial charge < -0.3 is 33.9 Å². The lowest BCUT2D eigenvalue weighted by Crippen LogP contribution is -2.44. The molecule has 2 unspecified atom stereocenters. The van der Waals surface area contributed by atoms with Crippen LogP contribution >= 0.6 is 7.60 Å². The van der Waals surface area contributed by atoms with Gasteiger partial charge in [-0.3, -0.25) is 9.78 Å². The standard InChI is InChI=1S/C12H21N6O5P/c1-18(2,3)5-8(23-7-24(20,21)22)4-17-6-14-9-10(17)15-12(13)16-11(9)19/h6,8H,4-5,7H2,1-3H3,(H4-,13,15,16,19,20,21,22). The summed E-state index contributed by atoms with van der Waals surface area (Å²) in [5.74, 6) is -0.0438. The first-order valence-corrected chi connectivity index (χ1v) is 8.86. The van der Waals surface area contributed by atoms with Gasteiger partial charge in [0.25, 0.3) is 5.56 Å². The lowest BCUT2D eigenvalue weighted by atomic mass is 10.3. The lowest BCUT2D eigenvalue weighted by molar-refractivity contribution is -0.873. The molecule has 0 aliphatic carbocycles. The molecule has 2 atom stereocenters. The highest BCUT2D eigenvalue weighted by molar-refractivity contribution is 7.50. The molecule has 0 radical (unpaired) electrons. The maximum absolute atomic E-state index is 11.8. The van der Waals surface area contributed by atoms with E-state index in [1.807, 2.05) is 21.1 Å². The number of aromatic amines is 1. The molecule has 0 saturated carbocycles. The Morgan fingerprint density at radius 3 is 2.79 bits per heavy atom. The third-order valence-corrected chi connectivity index (χ3v) is 3.59. The Balaban J connectivity index is 2.28. The fraction of sp³-hybridized carbons (Fsp3) is 0.583. The molecule has 12 heteroatoms. The first-order valence-electron chi connectivity index (χ1n) is 7.10. The number of nitrogens with two attached hydrogens (primary N) is 1. The van der Waals surface area contributed by atoms with Crippen molar-refractivity contribution in [1.29, 1.82) is 0 Å². The quantitative estimate of drug-likeness (QED) is 0.389. The van der Waals surface area contributed by atoms with Gasteiger partial charge in [-0.15, -0.1) is 0 Å². The number of aromatic nitrogens is 4. The Morgan fingerprint density at radius 2 is 2.21 bits per heavy atom. The van der Waals surface area contributed by atoms with E-state index in [0.29, 0.717) is 11.0 Å². The number of fused-ring (bicyclic) bond motifs is 1. The minimum atomic E-state index is -4.53. The second-order valence-electron chi connectivity index (χ2n) is 6.55. The van der Waals surface area contributed by atoms with Gasteiger partial charge in [-0.2, -0.15) is 4.98 Å². The monoisotopic (exact) mass is 360 g/mol. The van der Waals surface area contributed by atoms with Crippen LogP contribution < -0.4 is 16.2 Å². The van der Waals surface area contributed by atoms with Crippen LogP contribution in [-0.4, -0.2) is 69.0 Å². The molecule has 0 aliphatic heterocycles. The molecule has 0 fully saturated rings. The van der Waals surface area contributed by atoms with E-state index in [-0.39, 0.29) is 23.7 Å². The maximum Gasteiger partial charge on any atom is 0.280 e. The van der Waals surface area contributed by atoms with Crippen LogP contribution in [0.2, 0.25) is 0 Å². The number of H-pyrrole nitrogens is 1. The van der Waals surface area contributed by atoms with Crippen LogP contribution in [0.1, 0.15) is 0 Å². The Bertz CT molecular complexity index is 819. The molecule has 0 amide bonds. The van der Waals surface area contributed by atoms with E-state index in [1.54, 1.807) is 4.57 Å². The number of nitrogens with one attached hydrogen (secondary N) is 1. The van der Waals surface area contributed by atoms with E-state index in [9.17, 15) is 14.3 Å². The summed E-state index contributed by atoms with van der Waals surface area (Å²) in [6.45, 7) is 0.653. The number of rotatable bonds is 7. The minimum Gasteiger partial charge on any atom is -0.777 e. The fourth-order valence-electron chi connectivity index (χ4n) is 2.30. The normalized spacial score (nSPS) is 16.2. The van der Waals surface area contributed by atoms with E-state index in [1.165, 1.54) is 6.33 Å². The highest BCUT2D eigenvalue weighted by Crippen LogP contribution is 2.29. The number of hydrogen-bond acceptors (Lipinski definition) is 7. The average molecular weight is 360 g/mol. The number of nitrogens with zero attached hydrogens (tertiary/aromatic N) is 4. The van der Waals surface area contributed by atoms with Crippen molar-refractivity contribution in [2.45, 2.75) is 12.6 Å². The Labute approximate surface area is 137 Å². The predicted molar refractivity (Wildman–Crippen MR) is 85.0 cm³/mol. The molecule has 24 heavy (non-hydrogen) atoms. The largest absolute Gasteiger partial charge is 0.777 e. The molecule has 134 valence electrons. The van der Waals surface area contributed by atoms with Gasteiger partial charge in [0.1, 0.15) is 19.0 Å². The topological polar surface area (TPSA) is 159 Å². The highest BCUT2D eigenvalue weighted by atomic mass is 31.2. The highest BCUT2D eigenvalue weighted by Gasteiger charge is 2.22. The summed E-state index contributed by atoms with van der Waals surface area (Å²) in [4.78, 5) is 42.1. The molecule has 0 bridgehead atoms. The van der Waals surface area contributed by atoms with Crippen molar-refractivity contribution in [3.05, 3.63) is 16.7 Å². The van der Waals surface area contributed by atoms with Gasteiger partial charge in [0, 0.05) is 0 Å². The minimum absolute atomic E-state index is 0.0438. The zero-order valence-corrected chi connectivity index (χ0v) is 14.6. The van der Waals surface area contributed by atoms with Gasteiger partial charge in [0.05, 0.1) is 34.0 Å². The predicted octanol–water partition coefficient (Wildman–Crippen LogP) is -1.70.